The Morgan fingerprint density at radius 2 is 2.04 bits per heavy atom. The summed E-state index contributed by atoms with van der Waals surface area (Å²) in [7, 11) is 1.73. The lowest BCUT2D eigenvalue weighted by atomic mass is 9.90. The van der Waals surface area contributed by atoms with Gasteiger partial charge in [0.05, 0.1) is 5.39 Å². The quantitative estimate of drug-likeness (QED) is 0.731. The highest BCUT2D eigenvalue weighted by Crippen LogP contribution is 2.38. The van der Waals surface area contributed by atoms with Crippen LogP contribution in [0.15, 0.2) is 23.1 Å². The second kappa shape index (κ2) is 7.14. The normalized spacial score (nSPS) is 20.7. The second-order valence-electron chi connectivity index (χ2n) is 7.47. The average Bonchev–Trinajstić information content (AvgIpc) is 3.44. The minimum absolute atomic E-state index is 0.308. The molecule has 148 valence electrons. The van der Waals surface area contributed by atoms with E-state index in [0.717, 1.165) is 74.7 Å². The van der Waals surface area contributed by atoms with E-state index in [1.807, 2.05) is 12.3 Å². The number of H-pyrrole nitrogens is 1. The topological polar surface area (TPSA) is 102 Å². The first-order valence-corrected chi connectivity index (χ1v) is 9.79. The summed E-state index contributed by atoms with van der Waals surface area (Å²) in [6, 6.07) is 2.01. The van der Waals surface area contributed by atoms with Crippen molar-refractivity contribution in [3.63, 3.8) is 0 Å². The number of hydrogen-bond acceptors (Lipinski definition) is 8. The molecular weight excluding hydrogens is 360 g/mol. The first-order valence-electron chi connectivity index (χ1n) is 9.79. The van der Waals surface area contributed by atoms with Crippen LogP contribution in [-0.4, -0.2) is 58.5 Å². The highest BCUT2D eigenvalue weighted by atomic mass is 16.5. The van der Waals surface area contributed by atoms with Gasteiger partial charge in [-0.1, -0.05) is 5.16 Å². The molecule has 0 atom stereocenters. The van der Waals surface area contributed by atoms with E-state index in [1.54, 1.807) is 13.4 Å². The number of nitrogens with one attached hydrogen (secondary N) is 1. The Hall–Kier alpha value is -2.52. The summed E-state index contributed by atoms with van der Waals surface area (Å²) in [6.45, 7) is 3.09. The van der Waals surface area contributed by atoms with Gasteiger partial charge in [-0.05, 0) is 18.9 Å². The number of anilines is 1. The maximum Gasteiger partial charge on any atom is 0.259 e. The van der Waals surface area contributed by atoms with Gasteiger partial charge < -0.3 is 23.9 Å². The largest absolute Gasteiger partial charge is 0.381 e. The molecule has 5 heterocycles. The maximum atomic E-state index is 5.94. The van der Waals surface area contributed by atoms with E-state index in [1.165, 1.54) is 0 Å². The van der Waals surface area contributed by atoms with Gasteiger partial charge in [0.1, 0.15) is 23.4 Å². The Morgan fingerprint density at radius 3 is 2.82 bits per heavy atom. The summed E-state index contributed by atoms with van der Waals surface area (Å²) >= 11 is 0. The average molecular weight is 384 g/mol. The van der Waals surface area contributed by atoms with Crippen molar-refractivity contribution >= 4 is 16.9 Å². The van der Waals surface area contributed by atoms with Crippen molar-refractivity contribution in [3.8, 4) is 0 Å². The van der Waals surface area contributed by atoms with Gasteiger partial charge in [0.2, 0.25) is 0 Å². The van der Waals surface area contributed by atoms with E-state index < -0.39 is 5.60 Å². The van der Waals surface area contributed by atoms with Crippen molar-refractivity contribution in [2.75, 3.05) is 38.3 Å². The molecule has 0 radical (unpaired) electrons. The van der Waals surface area contributed by atoms with Crippen LogP contribution in [0, 0.1) is 0 Å². The van der Waals surface area contributed by atoms with Crippen molar-refractivity contribution in [3.05, 3.63) is 30.3 Å². The highest BCUT2D eigenvalue weighted by Gasteiger charge is 2.42. The minimum atomic E-state index is -0.544. The molecule has 0 spiro atoms. The van der Waals surface area contributed by atoms with Crippen LogP contribution in [0.3, 0.4) is 0 Å². The molecule has 2 fully saturated rings. The van der Waals surface area contributed by atoms with E-state index in [2.05, 4.69) is 25.0 Å². The van der Waals surface area contributed by atoms with Crippen molar-refractivity contribution < 1.29 is 14.0 Å². The molecule has 1 N–H and O–H groups in total. The number of piperidine rings is 1. The van der Waals surface area contributed by atoms with E-state index in [9.17, 15) is 0 Å². The third-order valence-electron chi connectivity index (χ3n) is 6.01. The molecule has 0 aromatic carbocycles. The summed E-state index contributed by atoms with van der Waals surface area (Å²) < 4.78 is 17.0. The van der Waals surface area contributed by atoms with Gasteiger partial charge in [-0.3, -0.25) is 0 Å². The molecule has 3 aromatic rings. The Bertz CT molecular complexity index is 940. The smallest absolute Gasteiger partial charge is 0.259 e. The van der Waals surface area contributed by atoms with E-state index >= 15 is 0 Å². The van der Waals surface area contributed by atoms with Gasteiger partial charge in [-0.2, -0.15) is 4.98 Å². The van der Waals surface area contributed by atoms with Gasteiger partial charge in [-0.25, -0.2) is 9.97 Å². The zero-order chi connectivity index (χ0) is 19.0. The predicted molar refractivity (Wildman–Crippen MR) is 101 cm³/mol. The zero-order valence-corrected chi connectivity index (χ0v) is 15.9. The minimum Gasteiger partial charge on any atom is -0.381 e. The van der Waals surface area contributed by atoms with Crippen molar-refractivity contribution in [1.29, 1.82) is 0 Å². The van der Waals surface area contributed by atoms with Crippen LogP contribution in [0.5, 0.6) is 0 Å². The molecule has 5 rings (SSSR count). The number of aromatic nitrogens is 5. The monoisotopic (exact) mass is 384 g/mol. The van der Waals surface area contributed by atoms with Gasteiger partial charge in [0.25, 0.3) is 5.89 Å². The molecule has 9 heteroatoms. The molecule has 2 aliphatic rings. The third-order valence-corrected chi connectivity index (χ3v) is 6.01. The molecule has 0 amide bonds. The number of nitrogens with zero attached hydrogens (tertiary/aromatic N) is 5. The fourth-order valence-electron chi connectivity index (χ4n) is 4.24. The molecule has 0 aliphatic carbocycles. The molecule has 0 unspecified atom stereocenters. The molecule has 2 aliphatic heterocycles. The Labute approximate surface area is 162 Å². The van der Waals surface area contributed by atoms with Crippen LogP contribution < -0.4 is 4.90 Å². The Morgan fingerprint density at radius 1 is 1.21 bits per heavy atom. The van der Waals surface area contributed by atoms with Crippen molar-refractivity contribution in [2.45, 2.75) is 37.2 Å². The summed E-state index contributed by atoms with van der Waals surface area (Å²) in [4.78, 5) is 18.9. The summed E-state index contributed by atoms with van der Waals surface area (Å²) in [6.07, 6.45) is 6.89. The van der Waals surface area contributed by atoms with E-state index in [0.29, 0.717) is 11.8 Å². The predicted octanol–water partition coefficient (Wildman–Crippen LogP) is 2.38. The standard InChI is InChI=1S/C19H24N6O3/c1-26-19(18-23-15(24-28-18)13-3-10-27-11-4-13)5-8-25(9-6-19)17-14-2-7-20-16(14)21-12-22-17/h2,7,12-13H,3-6,8-11H2,1H3,(H,20,21,22). The number of rotatable bonds is 4. The van der Waals surface area contributed by atoms with Crippen molar-refractivity contribution in [1.82, 2.24) is 25.1 Å². The molecule has 28 heavy (non-hydrogen) atoms. The Kier molecular flexibility index (Phi) is 4.48. The lowest BCUT2D eigenvalue weighted by Gasteiger charge is -2.38. The SMILES string of the molecule is COC1(c2nc(C3CCOCC3)no2)CCN(c2ncnc3[nH]ccc23)CC1. The van der Waals surface area contributed by atoms with Gasteiger partial charge in [0, 0.05) is 58.4 Å². The Balaban J connectivity index is 1.35. The van der Waals surface area contributed by atoms with Crippen LogP contribution in [0.4, 0.5) is 5.82 Å². The van der Waals surface area contributed by atoms with Gasteiger partial charge in [-0.15, -0.1) is 0 Å². The van der Waals surface area contributed by atoms with Crippen LogP contribution in [-0.2, 0) is 15.1 Å². The summed E-state index contributed by atoms with van der Waals surface area (Å²) in [5.41, 5.74) is 0.309. The molecular formula is C19H24N6O3. The molecule has 0 bridgehead atoms. The van der Waals surface area contributed by atoms with Crippen LogP contribution in [0.2, 0.25) is 0 Å². The number of hydrogen-bond donors (Lipinski definition) is 1. The number of aromatic amines is 1. The lowest BCUT2D eigenvalue weighted by molar-refractivity contribution is -0.0582. The number of methoxy groups -OCH3 is 1. The second-order valence-corrected chi connectivity index (χ2v) is 7.47. The number of ether oxygens (including phenoxy) is 2. The van der Waals surface area contributed by atoms with Gasteiger partial charge >= 0.3 is 0 Å². The first-order chi connectivity index (χ1) is 13.8. The number of fused-ring (bicyclic) bond motifs is 1. The lowest BCUT2D eigenvalue weighted by Crippen LogP contribution is -2.44. The van der Waals surface area contributed by atoms with E-state index in [-0.39, 0.29) is 0 Å². The molecule has 2 saturated heterocycles. The van der Waals surface area contributed by atoms with Gasteiger partial charge in [0.15, 0.2) is 5.82 Å². The van der Waals surface area contributed by atoms with Crippen LogP contribution >= 0.6 is 0 Å². The zero-order valence-electron chi connectivity index (χ0n) is 15.9. The summed E-state index contributed by atoms with van der Waals surface area (Å²) in [5, 5.41) is 5.29. The van der Waals surface area contributed by atoms with Crippen molar-refractivity contribution in [2.24, 2.45) is 0 Å². The first kappa shape index (κ1) is 17.6. The molecule has 9 nitrogen and oxygen atoms in total. The van der Waals surface area contributed by atoms with Crippen LogP contribution in [0.25, 0.3) is 11.0 Å². The van der Waals surface area contributed by atoms with E-state index in [4.69, 9.17) is 19.0 Å². The summed E-state index contributed by atoms with van der Waals surface area (Å²) in [5.74, 6) is 2.63. The molecule has 3 aromatic heterocycles. The highest BCUT2D eigenvalue weighted by molar-refractivity contribution is 5.87. The third kappa shape index (κ3) is 2.94. The fourth-order valence-corrected chi connectivity index (χ4v) is 4.24. The maximum absolute atomic E-state index is 5.94. The fraction of sp³-hybridized carbons (Fsp3) is 0.579. The van der Waals surface area contributed by atoms with Crippen LogP contribution in [0.1, 0.15) is 43.3 Å². The molecule has 0 saturated carbocycles.